The molecule has 0 saturated carbocycles. The lowest BCUT2D eigenvalue weighted by Gasteiger charge is -2.30. The second-order valence-electron chi connectivity index (χ2n) is 6.51. The van der Waals surface area contributed by atoms with Crippen LogP contribution in [0, 0.1) is 0 Å². The predicted octanol–water partition coefficient (Wildman–Crippen LogP) is 2.70. The summed E-state index contributed by atoms with van der Waals surface area (Å²) >= 11 is 6.00. The van der Waals surface area contributed by atoms with Gasteiger partial charge in [0.05, 0.1) is 38.5 Å². The molecule has 0 unspecified atom stereocenters. The van der Waals surface area contributed by atoms with E-state index in [4.69, 9.17) is 25.8 Å². The molecule has 1 heterocycles. The molecule has 2 aromatic rings. The Morgan fingerprint density at radius 2 is 1.47 bits per heavy atom. The Kier molecular flexibility index (Phi) is 6.24. The second kappa shape index (κ2) is 8.69. The number of halogens is 1. The monoisotopic (exact) mass is 429 g/mol. The Morgan fingerprint density at radius 3 is 2.00 bits per heavy atom. The number of carbonyl (C=O) groups is 3. The maximum Gasteiger partial charge on any atom is 0.337 e. The van der Waals surface area contributed by atoms with E-state index in [-0.39, 0.29) is 11.1 Å². The number of benzene rings is 2. The summed E-state index contributed by atoms with van der Waals surface area (Å²) in [6.07, 6.45) is 0. The van der Waals surface area contributed by atoms with Gasteiger partial charge in [-0.1, -0.05) is 54.1 Å². The highest BCUT2D eigenvalue weighted by molar-refractivity contribution is 6.30. The molecule has 0 spiro atoms. The fraction of sp³-hybridized carbons (Fsp3) is 0.227. The van der Waals surface area contributed by atoms with E-state index in [0.29, 0.717) is 16.1 Å². The summed E-state index contributed by atoms with van der Waals surface area (Å²) in [7, 11) is 3.58. The van der Waals surface area contributed by atoms with Crippen LogP contribution in [-0.4, -0.2) is 39.2 Å². The van der Waals surface area contributed by atoms with E-state index >= 15 is 0 Å². The van der Waals surface area contributed by atoms with Crippen molar-refractivity contribution in [2.24, 2.45) is 0 Å². The lowest BCUT2D eigenvalue weighted by molar-refractivity contribution is -0.150. The van der Waals surface area contributed by atoms with Gasteiger partial charge in [-0.05, 0) is 23.3 Å². The van der Waals surface area contributed by atoms with Crippen LogP contribution in [-0.2, 0) is 34.1 Å². The van der Waals surface area contributed by atoms with Crippen molar-refractivity contribution in [2.75, 3.05) is 21.3 Å². The van der Waals surface area contributed by atoms with E-state index in [1.54, 1.807) is 54.6 Å². The van der Waals surface area contributed by atoms with Gasteiger partial charge in [0, 0.05) is 5.02 Å². The Hall–Kier alpha value is -3.16. The fourth-order valence-electron chi connectivity index (χ4n) is 3.66. The van der Waals surface area contributed by atoms with Gasteiger partial charge in [-0.25, -0.2) is 14.4 Å². The molecule has 0 bridgehead atoms. The average Bonchev–Trinajstić information content (AvgIpc) is 3.15. The van der Waals surface area contributed by atoms with Gasteiger partial charge in [0.1, 0.15) is 0 Å². The standard InChI is InChI=1S/C22H20ClNO6/c1-28-19(25)16-17(20(26)29-2)22(21(27)30-3,14-7-5-4-6-8-14)24-18(16)13-9-11-15(23)12-10-13/h4-12,18,24H,1-3H3/t18-,22-/m0/s1. The van der Waals surface area contributed by atoms with Crippen molar-refractivity contribution >= 4 is 29.5 Å². The maximum absolute atomic E-state index is 13.2. The molecule has 30 heavy (non-hydrogen) atoms. The first-order valence-electron chi connectivity index (χ1n) is 8.99. The molecular formula is C22H20ClNO6. The zero-order valence-electron chi connectivity index (χ0n) is 16.6. The largest absolute Gasteiger partial charge is 0.467 e. The summed E-state index contributed by atoms with van der Waals surface area (Å²) in [4.78, 5) is 38.9. The molecule has 0 aromatic heterocycles. The molecule has 3 rings (SSSR count). The van der Waals surface area contributed by atoms with Gasteiger partial charge >= 0.3 is 17.9 Å². The Labute approximate surface area is 178 Å². The molecule has 156 valence electrons. The molecule has 2 atom stereocenters. The molecule has 2 aromatic carbocycles. The average molecular weight is 430 g/mol. The van der Waals surface area contributed by atoms with Crippen LogP contribution >= 0.6 is 11.6 Å². The van der Waals surface area contributed by atoms with Crippen molar-refractivity contribution < 1.29 is 28.6 Å². The van der Waals surface area contributed by atoms with Crippen molar-refractivity contribution in [1.82, 2.24) is 5.32 Å². The molecule has 0 saturated heterocycles. The summed E-state index contributed by atoms with van der Waals surface area (Å²) in [6.45, 7) is 0. The first kappa shape index (κ1) is 21.5. The van der Waals surface area contributed by atoms with Crippen LogP contribution in [0.4, 0.5) is 0 Å². The summed E-state index contributed by atoms with van der Waals surface area (Å²) in [5.41, 5.74) is -0.995. The minimum absolute atomic E-state index is 0.0408. The van der Waals surface area contributed by atoms with Crippen LogP contribution in [0.1, 0.15) is 17.2 Å². The SMILES string of the molecule is COC(=O)C1=C(C(=O)OC)[C@](C(=O)OC)(c2ccccc2)N[C@H]1c1ccc(Cl)cc1. The van der Waals surface area contributed by atoms with Crippen molar-refractivity contribution in [2.45, 2.75) is 11.6 Å². The molecule has 7 nitrogen and oxygen atoms in total. The third-order valence-electron chi connectivity index (χ3n) is 4.99. The Bertz CT molecular complexity index is 1000. The van der Waals surface area contributed by atoms with Gasteiger partial charge in [0.2, 0.25) is 0 Å². The van der Waals surface area contributed by atoms with Gasteiger partial charge in [0.15, 0.2) is 5.54 Å². The number of hydrogen-bond donors (Lipinski definition) is 1. The number of esters is 3. The van der Waals surface area contributed by atoms with Crippen LogP contribution in [0.5, 0.6) is 0 Å². The van der Waals surface area contributed by atoms with Gasteiger partial charge in [0.25, 0.3) is 0 Å². The summed E-state index contributed by atoms with van der Waals surface area (Å²) < 4.78 is 15.0. The van der Waals surface area contributed by atoms with Crippen LogP contribution in [0.2, 0.25) is 5.02 Å². The van der Waals surface area contributed by atoms with Crippen molar-refractivity contribution in [3.05, 3.63) is 81.9 Å². The lowest BCUT2D eigenvalue weighted by Crippen LogP contribution is -2.50. The maximum atomic E-state index is 13.2. The molecule has 0 fully saturated rings. The zero-order chi connectivity index (χ0) is 21.9. The van der Waals surface area contributed by atoms with Gasteiger partial charge in [-0.3, -0.25) is 5.32 Å². The third-order valence-corrected chi connectivity index (χ3v) is 5.24. The van der Waals surface area contributed by atoms with E-state index in [2.05, 4.69) is 5.32 Å². The quantitative estimate of drug-likeness (QED) is 0.577. The Morgan fingerprint density at radius 1 is 0.867 bits per heavy atom. The van der Waals surface area contributed by atoms with Crippen LogP contribution < -0.4 is 5.32 Å². The molecule has 1 aliphatic heterocycles. The number of nitrogens with one attached hydrogen (secondary N) is 1. The van der Waals surface area contributed by atoms with Crippen LogP contribution in [0.3, 0.4) is 0 Å². The van der Waals surface area contributed by atoms with Gasteiger partial charge in [-0.15, -0.1) is 0 Å². The second-order valence-corrected chi connectivity index (χ2v) is 6.94. The summed E-state index contributed by atoms with van der Waals surface area (Å²) in [5, 5.41) is 3.64. The minimum atomic E-state index is -1.78. The van der Waals surface area contributed by atoms with Gasteiger partial charge < -0.3 is 14.2 Å². The van der Waals surface area contributed by atoms with E-state index in [0.717, 1.165) is 0 Å². The number of ether oxygens (including phenoxy) is 3. The molecule has 8 heteroatoms. The van der Waals surface area contributed by atoms with E-state index in [1.807, 2.05) is 0 Å². The molecule has 0 aliphatic carbocycles. The van der Waals surface area contributed by atoms with Crippen molar-refractivity contribution in [1.29, 1.82) is 0 Å². The lowest BCUT2D eigenvalue weighted by atomic mass is 9.82. The van der Waals surface area contributed by atoms with E-state index in [1.165, 1.54) is 21.3 Å². The third kappa shape index (κ3) is 3.46. The number of hydrogen-bond acceptors (Lipinski definition) is 7. The minimum Gasteiger partial charge on any atom is -0.467 e. The van der Waals surface area contributed by atoms with Crippen molar-refractivity contribution in [3.8, 4) is 0 Å². The number of rotatable bonds is 5. The number of carbonyl (C=O) groups excluding carboxylic acids is 3. The highest BCUT2D eigenvalue weighted by Gasteiger charge is 2.58. The Balaban J connectivity index is 2.37. The first-order valence-corrected chi connectivity index (χ1v) is 9.36. The molecule has 1 aliphatic rings. The van der Waals surface area contributed by atoms with Crippen LogP contribution in [0.15, 0.2) is 65.7 Å². The molecule has 0 amide bonds. The normalized spacial score (nSPS) is 20.6. The zero-order valence-corrected chi connectivity index (χ0v) is 17.4. The molecular weight excluding hydrogens is 410 g/mol. The van der Waals surface area contributed by atoms with E-state index < -0.39 is 29.5 Å². The van der Waals surface area contributed by atoms with Gasteiger partial charge in [-0.2, -0.15) is 0 Å². The fourth-order valence-corrected chi connectivity index (χ4v) is 3.78. The molecule has 1 N–H and O–H groups in total. The highest BCUT2D eigenvalue weighted by Crippen LogP contribution is 2.46. The number of methoxy groups -OCH3 is 3. The molecule has 0 radical (unpaired) electrons. The first-order chi connectivity index (χ1) is 14.4. The predicted molar refractivity (Wildman–Crippen MR) is 109 cm³/mol. The van der Waals surface area contributed by atoms with Crippen LogP contribution in [0.25, 0.3) is 0 Å². The highest BCUT2D eigenvalue weighted by atomic mass is 35.5. The van der Waals surface area contributed by atoms with E-state index in [9.17, 15) is 14.4 Å². The topological polar surface area (TPSA) is 90.9 Å². The smallest absolute Gasteiger partial charge is 0.337 e. The van der Waals surface area contributed by atoms with Crippen molar-refractivity contribution in [3.63, 3.8) is 0 Å². The summed E-state index contributed by atoms with van der Waals surface area (Å²) in [6, 6.07) is 14.3. The summed E-state index contributed by atoms with van der Waals surface area (Å²) in [5.74, 6) is -2.40.